The minimum absolute atomic E-state index is 0.356. The van der Waals surface area contributed by atoms with Crippen LogP contribution < -0.4 is 0 Å². The Bertz CT molecular complexity index is 345. The van der Waals surface area contributed by atoms with E-state index in [1.807, 2.05) is 13.0 Å². The first kappa shape index (κ1) is 13.4. The summed E-state index contributed by atoms with van der Waals surface area (Å²) < 4.78 is 10.3. The zero-order valence-electron chi connectivity index (χ0n) is 10.4. The quantitative estimate of drug-likeness (QED) is 0.557. The van der Waals surface area contributed by atoms with Crippen LogP contribution in [0.2, 0.25) is 0 Å². The number of hydrogen-bond donors (Lipinski definition) is 0. The predicted molar refractivity (Wildman–Crippen MR) is 66.3 cm³/mol. The Kier molecular flexibility index (Phi) is 5.33. The molecule has 1 rings (SSSR count). The maximum Gasteiger partial charge on any atom is 0.414 e. The fourth-order valence-corrected chi connectivity index (χ4v) is 1.72. The van der Waals surface area contributed by atoms with Crippen molar-refractivity contribution < 1.29 is 14.3 Å². The van der Waals surface area contributed by atoms with Gasteiger partial charge >= 0.3 is 6.09 Å². The number of carbonyl (C=O) groups is 1. The average molecular weight is 237 g/mol. The summed E-state index contributed by atoms with van der Waals surface area (Å²) in [4.78, 5) is 13.2. The molecule has 1 heterocycles. The molecule has 0 saturated heterocycles. The number of allylic oxidation sites excluding steroid dienone is 3. The molecule has 0 radical (unpaired) electrons. The van der Waals surface area contributed by atoms with Crippen LogP contribution >= 0.6 is 0 Å². The molecule has 0 fully saturated rings. The summed E-state index contributed by atoms with van der Waals surface area (Å²) in [5.74, 6) is 0.660. The van der Waals surface area contributed by atoms with Gasteiger partial charge in [0.15, 0.2) is 0 Å². The third kappa shape index (κ3) is 3.37. The lowest BCUT2D eigenvalue weighted by molar-refractivity contribution is 0.127. The summed E-state index contributed by atoms with van der Waals surface area (Å²) in [5, 5.41) is 0. The van der Waals surface area contributed by atoms with Gasteiger partial charge in [-0.25, -0.2) is 4.79 Å². The highest BCUT2D eigenvalue weighted by Gasteiger charge is 2.24. The van der Waals surface area contributed by atoms with Crippen LogP contribution in [0, 0.1) is 0 Å². The molecule has 0 N–H and O–H groups in total. The summed E-state index contributed by atoms with van der Waals surface area (Å²) >= 11 is 0. The van der Waals surface area contributed by atoms with Crippen molar-refractivity contribution in [3.05, 3.63) is 36.3 Å². The van der Waals surface area contributed by atoms with E-state index in [9.17, 15) is 4.79 Å². The van der Waals surface area contributed by atoms with Crippen LogP contribution in [0.15, 0.2) is 36.3 Å². The molecule has 4 heteroatoms. The van der Waals surface area contributed by atoms with E-state index in [1.54, 1.807) is 17.1 Å². The second-order valence-corrected chi connectivity index (χ2v) is 3.55. The zero-order valence-corrected chi connectivity index (χ0v) is 10.4. The molecule has 0 spiro atoms. The van der Waals surface area contributed by atoms with Gasteiger partial charge in [0.05, 0.1) is 19.4 Å². The normalized spacial score (nSPS) is 16.2. The van der Waals surface area contributed by atoms with E-state index in [0.717, 1.165) is 18.5 Å². The minimum atomic E-state index is -0.356. The van der Waals surface area contributed by atoms with Crippen molar-refractivity contribution in [2.24, 2.45) is 0 Å². The standard InChI is InChI=1S/C13H19NO3/c1-4-8-12(17-5-2)11-9-6-7-10-14(11)13(15)16-3/h4,8-9H,1,5-7,10H2,2-3H3/b12-8+. The van der Waals surface area contributed by atoms with Crippen molar-refractivity contribution in [1.29, 1.82) is 0 Å². The monoisotopic (exact) mass is 237 g/mol. The number of nitrogens with zero attached hydrogens (tertiary/aromatic N) is 1. The van der Waals surface area contributed by atoms with E-state index in [-0.39, 0.29) is 6.09 Å². The van der Waals surface area contributed by atoms with E-state index in [0.29, 0.717) is 18.9 Å². The fourth-order valence-electron chi connectivity index (χ4n) is 1.72. The van der Waals surface area contributed by atoms with Crippen molar-refractivity contribution in [2.45, 2.75) is 19.8 Å². The Morgan fingerprint density at radius 3 is 3.00 bits per heavy atom. The van der Waals surface area contributed by atoms with E-state index in [2.05, 4.69) is 6.58 Å². The van der Waals surface area contributed by atoms with Gasteiger partial charge in [-0.05, 0) is 25.8 Å². The number of rotatable bonds is 4. The molecular weight excluding hydrogens is 218 g/mol. The summed E-state index contributed by atoms with van der Waals surface area (Å²) in [6, 6.07) is 0. The molecule has 0 bridgehead atoms. The SMILES string of the molecule is C=C/C=C(/OCC)C1=CCCCN1C(=O)OC. The first-order valence-electron chi connectivity index (χ1n) is 5.76. The third-order valence-corrected chi connectivity index (χ3v) is 2.43. The largest absolute Gasteiger partial charge is 0.492 e. The van der Waals surface area contributed by atoms with Crippen molar-refractivity contribution in [1.82, 2.24) is 4.90 Å². The molecule has 0 aromatic heterocycles. The molecule has 94 valence electrons. The minimum Gasteiger partial charge on any atom is -0.492 e. The van der Waals surface area contributed by atoms with Crippen LogP contribution in [0.5, 0.6) is 0 Å². The molecule has 0 atom stereocenters. The summed E-state index contributed by atoms with van der Waals surface area (Å²) in [6.45, 7) is 6.76. The van der Waals surface area contributed by atoms with E-state index < -0.39 is 0 Å². The Morgan fingerprint density at radius 1 is 1.65 bits per heavy atom. The fraction of sp³-hybridized carbons (Fsp3) is 0.462. The van der Waals surface area contributed by atoms with Gasteiger partial charge in [0, 0.05) is 6.54 Å². The molecule has 0 aromatic carbocycles. The molecule has 0 aliphatic carbocycles. The van der Waals surface area contributed by atoms with Gasteiger partial charge < -0.3 is 9.47 Å². The predicted octanol–water partition coefficient (Wildman–Crippen LogP) is 2.84. The number of ether oxygens (including phenoxy) is 2. The maximum atomic E-state index is 11.6. The lowest BCUT2D eigenvalue weighted by Crippen LogP contribution is -2.34. The summed E-state index contributed by atoms with van der Waals surface area (Å²) in [5.41, 5.74) is 0.768. The van der Waals surface area contributed by atoms with E-state index >= 15 is 0 Å². The number of methoxy groups -OCH3 is 1. The first-order valence-corrected chi connectivity index (χ1v) is 5.76. The second kappa shape index (κ2) is 6.78. The van der Waals surface area contributed by atoms with E-state index in [1.165, 1.54) is 7.11 Å². The average Bonchev–Trinajstić information content (AvgIpc) is 2.37. The summed E-state index contributed by atoms with van der Waals surface area (Å²) in [7, 11) is 1.38. The molecule has 17 heavy (non-hydrogen) atoms. The Morgan fingerprint density at radius 2 is 2.41 bits per heavy atom. The van der Waals surface area contributed by atoms with E-state index in [4.69, 9.17) is 9.47 Å². The van der Waals surface area contributed by atoms with Gasteiger partial charge in [-0.3, -0.25) is 4.90 Å². The molecule has 1 aliphatic heterocycles. The van der Waals surface area contributed by atoms with Gasteiger partial charge in [-0.15, -0.1) is 0 Å². The topological polar surface area (TPSA) is 38.8 Å². The first-order chi connectivity index (χ1) is 8.24. The Labute approximate surface area is 102 Å². The summed E-state index contributed by atoms with van der Waals surface area (Å²) in [6.07, 6.45) is 6.92. The number of hydrogen-bond acceptors (Lipinski definition) is 3. The van der Waals surface area contributed by atoms with Crippen LogP contribution in [0.1, 0.15) is 19.8 Å². The van der Waals surface area contributed by atoms with Gasteiger partial charge in [0.1, 0.15) is 5.76 Å². The maximum absolute atomic E-state index is 11.6. The van der Waals surface area contributed by atoms with Gasteiger partial charge in [0.2, 0.25) is 0 Å². The van der Waals surface area contributed by atoms with Crippen molar-refractivity contribution in [2.75, 3.05) is 20.3 Å². The van der Waals surface area contributed by atoms with Crippen molar-refractivity contribution >= 4 is 6.09 Å². The van der Waals surface area contributed by atoms with Crippen LogP contribution in [0.3, 0.4) is 0 Å². The highest BCUT2D eigenvalue weighted by atomic mass is 16.5. The second-order valence-electron chi connectivity index (χ2n) is 3.55. The van der Waals surface area contributed by atoms with Gasteiger partial charge in [-0.1, -0.05) is 18.7 Å². The molecular formula is C13H19NO3. The van der Waals surface area contributed by atoms with Crippen LogP contribution in [0.4, 0.5) is 4.79 Å². The molecule has 0 unspecified atom stereocenters. The van der Waals surface area contributed by atoms with Crippen LogP contribution in [-0.2, 0) is 9.47 Å². The smallest absolute Gasteiger partial charge is 0.414 e. The lowest BCUT2D eigenvalue weighted by atomic mass is 10.1. The highest BCUT2D eigenvalue weighted by molar-refractivity contribution is 5.71. The molecule has 1 aliphatic rings. The third-order valence-electron chi connectivity index (χ3n) is 2.43. The van der Waals surface area contributed by atoms with Gasteiger partial charge in [-0.2, -0.15) is 0 Å². The molecule has 4 nitrogen and oxygen atoms in total. The number of carbonyl (C=O) groups excluding carboxylic acids is 1. The Hall–Kier alpha value is -1.71. The zero-order chi connectivity index (χ0) is 12.7. The van der Waals surface area contributed by atoms with Crippen LogP contribution in [0.25, 0.3) is 0 Å². The lowest BCUT2D eigenvalue weighted by Gasteiger charge is -2.28. The molecule has 0 aromatic rings. The van der Waals surface area contributed by atoms with Crippen LogP contribution in [-0.4, -0.2) is 31.3 Å². The van der Waals surface area contributed by atoms with Crippen molar-refractivity contribution in [3.63, 3.8) is 0 Å². The van der Waals surface area contributed by atoms with Gasteiger partial charge in [0.25, 0.3) is 0 Å². The molecule has 0 saturated carbocycles. The van der Waals surface area contributed by atoms with Crippen molar-refractivity contribution in [3.8, 4) is 0 Å². The highest BCUT2D eigenvalue weighted by Crippen LogP contribution is 2.23. The Balaban J connectivity index is 2.96. The number of amides is 1. The molecule has 1 amide bonds.